The third kappa shape index (κ3) is 3.62. The number of nitrogens with two attached hydrogens (primary N) is 1. The van der Waals surface area contributed by atoms with Crippen molar-refractivity contribution in [2.24, 2.45) is 0 Å². The maximum Gasteiger partial charge on any atom is 0.189 e. The highest BCUT2D eigenvalue weighted by Gasteiger charge is 2.13. The van der Waals surface area contributed by atoms with Crippen molar-refractivity contribution in [1.82, 2.24) is 15.0 Å². The highest BCUT2D eigenvalue weighted by molar-refractivity contribution is 7.22. The summed E-state index contributed by atoms with van der Waals surface area (Å²) in [4.78, 5) is 13.1. The number of aryl methyl sites for hydroxylation is 1. The molecule has 2 aromatic heterocycles. The number of para-hydroxylation sites is 1. The van der Waals surface area contributed by atoms with Crippen LogP contribution in [-0.4, -0.2) is 15.0 Å². The number of hydrogen-bond donors (Lipinski definition) is 3. The fourth-order valence-electron chi connectivity index (χ4n) is 2.55. The molecule has 136 valence electrons. The Hall–Kier alpha value is -2.61. The van der Waals surface area contributed by atoms with Crippen molar-refractivity contribution in [2.75, 3.05) is 16.4 Å². The number of fused-ring (bicyclic) bond motifs is 1. The molecule has 0 bridgehead atoms. The molecule has 4 aromatic rings. The highest BCUT2D eigenvalue weighted by Crippen LogP contribution is 2.34. The molecular formula is C18H14Cl2N6S. The molecule has 4 N–H and O–H groups in total. The number of thiazole rings is 1. The van der Waals surface area contributed by atoms with Gasteiger partial charge < -0.3 is 16.4 Å². The second-order valence-corrected chi connectivity index (χ2v) is 7.67. The number of nitrogens with zero attached hydrogens (tertiary/aromatic N) is 3. The zero-order valence-electron chi connectivity index (χ0n) is 14.1. The quantitative estimate of drug-likeness (QED) is 0.391. The van der Waals surface area contributed by atoms with Crippen molar-refractivity contribution >= 4 is 72.9 Å². The van der Waals surface area contributed by atoms with Gasteiger partial charge in [0.2, 0.25) is 0 Å². The minimum absolute atomic E-state index is 0.361. The van der Waals surface area contributed by atoms with Gasteiger partial charge in [-0.25, -0.2) is 15.0 Å². The van der Waals surface area contributed by atoms with E-state index >= 15 is 0 Å². The molecule has 0 aliphatic heterocycles. The number of nitrogen functional groups attached to an aromatic ring is 1. The summed E-state index contributed by atoms with van der Waals surface area (Å²) < 4.78 is 1.09. The standard InChI is InChI=1S/C18H14Cl2N6S/c1-9-3-2-4-13-15(9)25-18(27-13)26-17-14(21)16(22-8-23-17)24-12-6-5-10(19)7-11(12)20/h2-8H,21H2,1H3,(H2,22,23,24,25,26). The van der Waals surface area contributed by atoms with Gasteiger partial charge in [-0.1, -0.05) is 46.7 Å². The van der Waals surface area contributed by atoms with E-state index in [0.29, 0.717) is 38.2 Å². The van der Waals surface area contributed by atoms with Gasteiger partial charge in [-0.15, -0.1) is 0 Å². The first kappa shape index (κ1) is 17.8. The van der Waals surface area contributed by atoms with E-state index in [9.17, 15) is 0 Å². The molecular weight excluding hydrogens is 403 g/mol. The van der Waals surface area contributed by atoms with Gasteiger partial charge in [-0.2, -0.15) is 0 Å². The molecule has 4 rings (SSSR count). The number of halogens is 2. The van der Waals surface area contributed by atoms with Gasteiger partial charge in [0, 0.05) is 5.02 Å². The van der Waals surface area contributed by atoms with Crippen LogP contribution in [0, 0.1) is 6.92 Å². The summed E-state index contributed by atoms with van der Waals surface area (Å²) >= 11 is 13.7. The van der Waals surface area contributed by atoms with Crippen molar-refractivity contribution in [3.8, 4) is 0 Å². The van der Waals surface area contributed by atoms with E-state index in [4.69, 9.17) is 28.9 Å². The van der Waals surface area contributed by atoms with Crippen molar-refractivity contribution in [1.29, 1.82) is 0 Å². The lowest BCUT2D eigenvalue weighted by molar-refractivity contribution is 1.17. The predicted octanol–water partition coefficient (Wildman–Crippen LogP) is 5.77. The van der Waals surface area contributed by atoms with E-state index in [1.165, 1.54) is 17.7 Å². The first-order valence-electron chi connectivity index (χ1n) is 7.97. The van der Waals surface area contributed by atoms with Gasteiger partial charge in [-0.05, 0) is 36.8 Å². The Bertz CT molecular complexity index is 1140. The molecule has 9 heteroatoms. The third-order valence-corrected chi connectivity index (χ3v) is 5.40. The highest BCUT2D eigenvalue weighted by atomic mass is 35.5. The molecule has 0 aliphatic carbocycles. The number of rotatable bonds is 4. The Morgan fingerprint density at radius 2 is 1.81 bits per heavy atom. The maximum absolute atomic E-state index is 6.24. The topological polar surface area (TPSA) is 88.8 Å². The average Bonchev–Trinajstić information content (AvgIpc) is 3.05. The van der Waals surface area contributed by atoms with Gasteiger partial charge in [0.05, 0.1) is 20.9 Å². The summed E-state index contributed by atoms with van der Waals surface area (Å²) in [5, 5.41) is 8.01. The summed E-state index contributed by atoms with van der Waals surface area (Å²) in [6.07, 6.45) is 1.42. The lowest BCUT2D eigenvalue weighted by Gasteiger charge is -2.12. The van der Waals surface area contributed by atoms with Crippen LogP contribution >= 0.6 is 34.5 Å². The van der Waals surface area contributed by atoms with Crippen LogP contribution in [0.1, 0.15) is 5.56 Å². The predicted molar refractivity (Wildman–Crippen MR) is 114 cm³/mol. The third-order valence-electron chi connectivity index (χ3n) is 3.91. The Morgan fingerprint density at radius 1 is 1.04 bits per heavy atom. The minimum Gasteiger partial charge on any atom is -0.393 e. The zero-order valence-corrected chi connectivity index (χ0v) is 16.5. The Morgan fingerprint density at radius 3 is 2.56 bits per heavy atom. The summed E-state index contributed by atoms with van der Waals surface area (Å²) in [7, 11) is 0. The van der Waals surface area contributed by atoms with Crippen LogP contribution in [0.15, 0.2) is 42.7 Å². The molecule has 0 radical (unpaired) electrons. The minimum atomic E-state index is 0.361. The molecule has 0 atom stereocenters. The first-order valence-corrected chi connectivity index (χ1v) is 9.54. The smallest absolute Gasteiger partial charge is 0.189 e. The van der Waals surface area contributed by atoms with Crippen LogP contribution in [0.3, 0.4) is 0 Å². The monoisotopic (exact) mass is 416 g/mol. The largest absolute Gasteiger partial charge is 0.393 e. The molecule has 6 nitrogen and oxygen atoms in total. The van der Waals surface area contributed by atoms with Gasteiger partial charge in [0.15, 0.2) is 16.8 Å². The Balaban J connectivity index is 1.64. The lowest BCUT2D eigenvalue weighted by atomic mass is 10.2. The normalized spacial score (nSPS) is 10.9. The van der Waals surface area contributed by atoms with Crippen LogP contribution in [0.5, 0.6) is 0 Å². The van der Waals surface area contributed by atoms with Crippen LogP contribution in [0.25, 0.3) is 10.2 Å². The number of anilines is 5. The summed E-state index contributed by atoms with van der Waals surface area (Å²) in [6.45, 7) is 2.03. The van der Waals surface area contributed by atoms with Crippen LogP contribution in [0.2, 0.25) is 10.0 Å². The molecule has 2 heterocycles. The molecule has 0 fully saturated rings. The summed E-state index contributed by atoms with van der Waals surface area (Å²) in [5.41, 5.74) is 9.33. The first-order chi connectivity index (χ1) is 13.0. The van der Waals surface area contributed by atoms with E-state index in [-0.39, 0.29) is 0 Å². The van der Waals surface area contributed by atoms with Crippen molar-refractivity contribution in [2.45, 2.75) is 6.92 Å². The number of aromatic nitrogens is 3. The van der Waals surface area contributed by atoms with E-state index in [2.05, 4.69) is 25.6 Å². The van der Waals surface area contributed by atoms with E-state index in [1.807, 2.05) is 25.1 Å². The van der Waals surface area contributed by atoms with E-state index < -0.39 is 0 Å². The van der Waals surface area contributed by atoms with Gasteiger partial charge >= 0.3 is 0 Å². The number of hydrogen-bond acceptors (Lipinski definition) is 7. The Kier molecular flexibility index (Phi) is 4.73. The lowest BCUT2D eigenvalue weighted by Crippen LogP contribution is -2.05. The molecule has 0 saturated carbocycles. The zero-order chi connectivity index (χ0) is 19.0. The fraction of sp³-hybridized carbons (Fsp3) is 0.0556. The number of benzene rings is 2. The van der Waals surface area contributed by atoms with Crippen LogP contribution in [-0.2, 0) is 0 Å². The Labute approximate surface area is 169 Å². The van der Waals surface area contributed by atoms with Crippen molar-refractivity contribution < 1.29 is 0 Å². The van der Waals surface area contributed by atoms with Crippen molar-refractivity contribution in [3.63, 3.8) is 0 Å². The molecule has 2 aromatic carbocycles. The molecule has 0 spiro atoms. The molecule has 0 amide bonds. The van der Waals surface area contributed by atoms with E-state index in [1.54, 1.807) is 18.2 Å². The summed E-state index contributed by atoms with van der Waals surface area (Å²) in [5.74, 6) is 0.906. The van der Waals surface area contributed by atoms with Crippen LogP contribution in [0.4, 0.5) is 28.1 Å². The van der Waals surface area contributed by atoms with Crippen molar-refractivity contribution in [3.05, 3.63) is 58.3 Å². The van der Waals surface area contributed by atoms with Gasteiger partial charge in [-0.3, -0.25) is 0 Å². The second kappa shape index (κ2) is 7.19. The van der Waals surface area contributed by atoms with E-state index in [0.717, 1.165) is 15.8 Å². The fourth-order valence-corrected chi connectivity index (χ4v) is 3.95. The van der Waals surface area contributed by atoms with Crippen LogP contribution < -0.4 is 16.4 Å². The molecule has 0 unspecified atom stereocenters. The molecule has 0 saturated heterocycles. The molecule has 0 aliphatic rings. The summed E-state index contributed by atoms with van der Waals surface area (Å²) in [6, 6.07) is 11.2. The van der Waals surface area contributed by atoms with Gasteiger partial charge in [0.1, 0.15) is 12.0 Å². The number of nitrogens with one attached hydrogen (secondary N) is 2. The maximum atomic E-state index is 6.24. The van der Waals surface area contributed by atoms with Gasteiger partial charge in [0.25, 0.3) is 0 Å². The SMILES string of the molecule is Cc1cccc2sc(Nc3ncnc(Nc4ccc(Cl)cc4Cl)c3N)nc12. The average molecular weight is 417 g/mol. The molecule has 27 heavy (non-hydrogen) atoms. The second-order valence-electron chi connectivity index (χ2n) is 5.80.